The molecular formula is C11H12ClN3O. The summed E-state index contributed by atoms with van der Waals surface area (Å²) >= 11 is 5.69. The zero-order valence-corrected chi connectivity index (χ0v) is 9.44. The number of amides is 1. The molecule has 1 atom stereocenters. The first kappa shape index (κ1) is 11.1. The van der Waals surface area contributed by atoms with E-state index >= 15 is 0 Å². The highest BCUT2D eigenvalue weighted by molar-refractivity contribution is 6.29. The minimum absolute atomic E-state index is 0.0358. The van der Waals surface area contributed by atoms with Gasteiger partial charge in [-0.25, -0.2) is 9.97 Å². The van der Waals surface area contributed by atoms with Crippen LogP contribution < -0.4 is 5.32 Å². The van der Waals surface area contributed by atoms with E-state index in [1.54, 1.807) is 0 Å². The summed E-state index contributed by atoms with van der Waals surface area (Å²) in [6, 6.07) is 1.53. The van der Waals surface area contributed by atoms with Gasteiger partial charge in [-0.15, -0.1) is 0 Å². The second kappa shape index (κ2) is 5.07. The Hall–Kier alpha value is -1.42. The summed E-state index contributed by atoms with van der Waals surface area (Å²) in [6.07, 6.45) is 8.15. The number of carbonyl (C=O) groups is 1. The van der Waals surface area contributed by atoms with E-state index in [-0.39, 0.29) is 5.91 Å². The van der Waals surface area contributed by atoms with Crippen LogP contribution in [-0.2, 0) is 4.79 Å². The molecule has 5 heteroatoms. The molecule has 0 aliphatic heterocycles. The van der Waals surface area contributed by atoms with Crippen molar-refractivity contribution >= 4 is 23.3 Å². The molecule has 0 saturated carbocycles. The Balaban J connectivity index is 1.89. The number of anilines is 1. The molecule has 1 unspecified atom stereocenters. The van der Waals surface area contributed by atoms with Crippen LogP contribution in [0.1, 0.15) is 19.3 Å². The van der Waals surface area contributed by atoms with Gasteiger partial charge in [0.05, 0.1) is 0 Å². The van der Waals surface area contributed by atoms with E-state index in [0.29, 0.717) is 23.3 Å². The maximum absolute atomic E-state index is 11.6. The molecule has 1 amide bonds. The third kappa shape index (κ3) is 3.03. The lowest BCUT2D eigenvalue weighted by Crippen LogP contribution is -2.15. The van der Waals surface area contributed by atoms with E-state index in [9.17, 15) is 4.79 Å². The summed E-state index contributed by atoms with van der Waals surface area (Å²) < 4.78 is 0. The van der Waals surface area contributed by atoms with Gasteiger partial charge < -0.3 is 5.32 Å². The third-order valence-corrected chi connectivity index (χ3v) is 2.67. The van der Waals surface area contributed by atoms with E-state index < -0.39 is 0 Å². The molecule has 0 spiro atoms. The first-order chi connectivity index (χ1) is 7.74. The van der Waals surface area contributed by atoms with Gasteiger partial charge in [0.15, 0.2) is 0 Å². The molecule has 1 aliphatic carbocycles. The molecule has 1 N–H and O–H groups in total. The van der Waals surface area contributed by atoms with E-state index in [2.05, 4.69) is 27.4 Å². The largest absolute Gasteiger partial charge is 0.311 e. The second-order valence-electron chi connectivity index (χ2n) is 3.74. The Bertz CT molecular complexity index is 419. The Morgan fingerprint density at radius 3 is 3.12 bits per heavy atom. The van der Waals surface area contributed by atoms with Crippen molar-refractivity contribution in [2.45, 2.75) is 19.3 Å². The minimum Gasteiger partial charge on any atom is -0.311 e. The average Bonchev–Trinajstić information content (AvgIpc) is 2.70. The zero-order valence-electron chi connectivity index (χ0n) is 8.69. The summed E-state index contributed by atoms with van der Waals surface area (Å²) in [4.78, 5) is 19.3. The van der Waals surface area contributed by atoms with Gasteiger partial charge in [-0.2, -0.15) is 0 Å². The van der Waals surface area contributed by atoms with Crippen LogP contribution in [0.25, 0.3) is 0 Å². The van der Waals surface area contributed by atoms with Crippen molar-refractivity contribution in [3.8, 4) is 0 Å². The van der Waals surface area contributed by atoms with Gasteiger partial charge in [0.2, 0.25) is 5.91 Å². The number of aromatic nitrogens is 2. The van der Waals surface area contributed by atoms with Gasteiger partial charge >= 0.3 is 0 Å². The molecule has 16 heavy (non-hydrogen) atoms. The van der Waals surface area contributed by atoms with E-state index in [0.717, 1.165) is 12.8 Å². The predicted octanol–water partition coefficient (Wildman–Crippen LogP) is 2.42. The molecule has 1 aromatic heterocycles. The first-order valence-corrected chi connectivity index (χ1v) is 5.56. The Labute approximate surface area is 98.7 Å². The fourth-order valence-electron chi connectivity index (χ4n) is 1.70. The number of carbonyl (C=O) groups excluding carboxylic acids is 1. The smallest absolute Gasteiger partial charge is 0.226 e. The molecule has 2 rings (SSSR count). The van der Waals surface area contributed by atoms with Crippen molar-refractivity contribution in [3.05, 3.63) is 29.7 Å². The summed E-state index contributed by atoms with van der Waals surface area (Å²) in [5, 5.41) is 3.03. The molecule has 84 valence electrons. The number of hydrogen-bond acceptors (Lipinski definition) is 3. The molecule has 0 aromatic carbocycles. The highest BCUT2D eigenvalue weighted by Crippen LogP contribution is 2.20. The van der Waals surface area contributed by atoms with Gasteiger partial charge in [0, 0.05) is 12.5 Å². The fraction of sp³-hybridized carbons (Fsp3) is 0.364. The quantitative estimate of drug-likeness (QED) is 0.649. The average molecular weight is 238 g/mol. The second-order valence-corrected chi connectivity index (χ2v) is 4.13. The monoisotopic (exact) mass is 237 g/mol. The van der Waals surface area contributed by atoms with Crippen LogP contribution in [0.15, 0.2) is 24.5 Å². The molecule has 4 nitrogen and oxygen atoms in total. The van der Waals surface area contributed by atoms with Gasteiger partial charge in [-0.3, -0.25) is 4.79 Å². The summed E-state index contributed by atoms with van der Waals surface area (Å²) in [7, 11) is 0. The van der Waals surface area contributed by atoms with E-state index in [4.69, 9.17) is 11.6 Å². The van der Waals surface area contributed by atoms with Crippen molar-refractivity contribution in [3.63, 3.8) is 0 Å². The Morgan fingerprint density at radius 2 is 2.44 bits per heavy atom. The minimum atomic E-state index is -0.0358. The number of halogens is 1. The molecule has 0 saturated heterocycles. The van der Waals surface area contributed by atoms with Crippen LogP contribution >= 0.6 is 11.6 Å². The summed E-state index contributed by atoms with van der Waals surface area (Å²) in [5.41, 5.74) is 0. The molecule has 0 radical (unpaired) electrons. The van der Waals surface area contributed by atoms with Crippen LogP contribution in [0.5, 0.6) is 0 Å². The van der Waals surface area contributed by atoms with Crippen molar-refractivity contribution < 1.29 is 4.79 Å². The SMILES string of the molecule is O=C(CC1C=CCC1)Nc1cc(Cl)ncn1. The van der Waals surface area contributed by atoms with E-state index in [1.165, 1.54) is 12.4 Å². The van der Waals surface area contributed by atoms with Gasteiger partial charge in [-0.05, 0) is 18.8 Å². The fourth-order valence-corrected chi connectivity index (χ4v) is 1.85. The Kier molecular flexibility index (Phi) is 3.51. The number of allylic oxidation sites excluding steroid dienone is 2. The molecular weight excluding hydrogens is 226 g/mol. The van der Waals surface area contributed by atoms with Crippen molar-refractivity contribution in [2.75, 3.05) is 5.32 Å². The van der Waals surface area contributed by atoms with Crippen molar-refractivity contribution in [2.24, 2.45) is 5.92 Å². The molecule has 1 aliphatic rings. The normalized spacial score (nSPS) is 18.7. The van der Waals surface area contributed by atoms with Crippen LogP contribution in [0, 0.1) is 5.92 Å². The van der Waals surface area contributed by atoms with E-state index in [1.807, 2.05) is 0 Å². The lowest BCUT2D eigenvalue weighted by molar-refractivity contribution is -0.116. The molecule has 0 fully saturated rings. The van der Waals surface area contributed by atoms with Crippen molar-refractivity contribution in [1.82, 2.24) is 9.97 Å². The van der Waals surface area contributed by atoms with Crippen LogP contribution in [0.4, 0.5) is 5.82 Å². The maximum Gasteiger partial charge on any atom is 0.226 e. The maximum atomic E-state index is 11.6. The highest BCUT2D eigenvalue weighted by Gasteiger charge is 2.14. The Morgan fingerprint density at radius 1 is 1.56 bits per heavy atom. The number of hydrogen-bond donors (Lipinski definition) is 1. The summed E-state index contributed by atoms with van der Waals surface area (Å²) in [5.74, 6) is 0.774. The van der Waals surface area contributed by atoms with Gasteiger partial charge in [-0.1, -0.05) is 23.8 Å². The zero-order chi connectivity index (χ0) is 11.4. The number of nitrogens with zero attached hydrogens (tertiary/aromatic N) is 2. The highest BCUT2D eigenvalue weighted by atomic mass is 35.5. The lowest BCUT2D eigenvalue weighted by atomic mass is 10.1. The predicted molar refractivity (Wildman–Crippen MR) is 62.2 cm³/mol. The van der Waals surface area contributed by atoms with Crippen LogP contribution in [0.3, 0.4) is 0 Å². The van der Waals surface area contributed by atoms with Crippen molar-refractivity contribution in [1.29, 1.82) is 0 Å². The molecule has 0 bridgehead atoms. The van der Waals surface area contributed by atoms with Crippen LogP contribution in [0.2, 0.25) is 5.15 Å². The summed E-state index contributed by atoms with van der Waals surface area (Å²) in [6.45, 7) is 0. The number of nitrogens with one attached hydrogen (secondary N) is 1. The number of rotatable bonds is 3. The van der Waals surface area contributed by atoms with Crippen LogP contribution in [-0.4, -0.2) is 15.9 Å². The lowest BCUT2D eigenvalue weighted by Gasteiger charge is -2.07. The molecule has 1 heterocycles. The standard InChI is InChI=1S/C11H12ClN3O/c12-9-6-10(14-7-13-9)15-11(16)5-8-3-1-2-4-8/h1,3,6-8H,2,4-5H2,(H,13,14,15,16). The third-order valence-electron chi connectivity index (χ3n) is 2.46. The molecule has 1 aromatic rings. The topological polar surface area (TPSA) is 54.9 Å². The first-order valence-electron chi connectivity index (χ1n) is 5.18. The van der Waals surface area contributed by atoms with Gasteiger partial charge in [0.1, 0.15) is 17.3 Å². The van der Waals surface area contributed by atoms with Gasteiger partial charge in [0.25, 0.3) is 0 Å².